The molecule has 1 saturated heterocycles. The van der Waals surface area contributed by atoms with Gasteiger partial charge in [-0.2, -0.15) is 0 Å². The monoisotopic (exact) mass is 183 g/mol. The highest BCUT2D eigenvalue weighted by Crippen LogP contribution is 2.59. The molecule has 0 radical (unpaired) electrons. The molecular formula is C9H17N3O. The van der Waals surface area contributed by atoms with E-state index < -0.39 is 0 Å². The highest BCUT2D eigenvalue weighted by atomic mass is 16.4. The van der Waals surface area contributed by atoms with Gasteiger partial charge in [-0.15, -0.1) is 0 Å². The lowest BCUT2D eigenvalue weighted by Gasteiger charge is -2.29. The maximum atomic E-state index is 8.56. The Bertz CT molecular complexity index is 231. The first-order chi connectivity index (χ1) is 6.18. The zero-order valence-corrected chi connectivity index (χ0v) is 8.03. The van der Waals surface area contributed by atoms with Gasteiger partial charge in [0.25, 0.3) is 0 Å². The second-order valence-corrected chi connectivity index (χ2v) is 4.45. The van der Waals surface area contributed by atoms with Gasteiger partial charge in [-0.05, 0) is 44.8 Å². The first-order valence-electron chi connectivity index (χ1n) is 4.84. The van der Waals surface area contributed by atoms with Crippen molar-refractivity contribution >= 4 is 5.84 Å². The van der Waals surface area contributed by atoms with Crippen LogP contribution in [0.5, 0.6) is 0 Å². The first-order valence-corrected chi connectivity index (χ1v) is 4.84. The van der Waals surface area contributed by atoms with Gasteiger partial charge in [0, 0.05) is 5.92 Å². The molecule has 3 N–H and O–H groups in total. The Labute approximate surface area is 78.4 Å². The molecule has 0 amide bonds. The number of amidine groups is 1. The molecule has 1 spiro atoms. The van der Waals surface area contributed by atoms with E-state index in [2.05, 4.69) is 17.1 Å². The lowest BCUT2D eigenvalue weighted by molar-refractivity contribution is 0.199. The standard InChI is InChI=1S/C9H17N3O/c1-12-4-2-9(3-5-12)6-7(9)8(10)11-13/h7,13H,2-6H2,1H3,(H2,10,11). The molecule has 1 aliphatic carbocycles. The van der Waals surface area contributed by atoms with E-state index in [1.165, 1.54) is 12.8 Å². The number of rotatable bonds is 1. The largest absolute Gasteiger partial charge is 0.409 e. The van der Waals surface area contributed by atoms with Crippen LogP contribution in [0, 0.1) is 11.3 Å². The molecule has 74 valence electrons. The Kier molecular flexibility index (Phi) is 1.95. The molecule has 0 aromatic rings. The summed E-state index contributed by atoms with van der Waals surface area (Å²) in [6.07, 6.45) is 3.52. The Hall–Kier alpha value is -0.770. The van der Waals surface area contributed by atoms with Gasteiger partial charge in [0.05, 0.1) is 0 Å². The second kappa shape index (κ2) is 2.87. The van der Waals surface area contributed by atoms with Crippen molar-refractivity contribution in [1.29, 1.82) is 0 Å². The molecule has 1 unspecified atom stereocenters. The zero-order valence-electron chi connectivity index (χ0n) is 8.03. The summed E-state index contributed by atoms with van der Waals surface area (Å²) in [5, 5.41) is 11.7. The van der Waals surface area contributed by atoms with Gasteiger partial charge in [-0.1, -0.05) is 5.16 Å². The first kappa shape index (κ1) is 8.81. The van der Waals surface area contributed by atoms with Crippen molar-refractivity contribution in [2.45, 2.75) is 19.3 Å². The Morgan fingerprint density at radius 1 is 1.54 bits per heavy atom. The van der Waals surface area contributed by atoms with Crippen molar-refractivity contribution in [2.24, 2.45) is 22.2 Å². The zero-order chi connectivity index (χ0) is 9.47. The molecule has 0 aromatic carbocycles. The van der Waals surface area contributed by atoms with Crippen molar-refractivity contribution in [3.8, 4) is 0 Å². The van der Waals surface area contributed by atoms with Crippen LogP contribution in [-0.4, -0.2) is 36.1 Å². The van der Waals surface area contributed by atoms with Gasteiger partial charge in [0.15, 0.2) is 0 Å². The minimum absolute atomic E-state index is 0.353. The van der Waals surface area contributed by atoms with Crippen molar-refractivity contribution in [1.82, 2.24) is 4.90 Å². The Morgan fingerprint density at radius 3 is 2.69 bits per heavy atom. The van der Waals surface area contributed by atoms with Crippen LogP contribution in [0.2, 0.25) is 0 Å². The van der Waals surface area contributed by atoms with E-state index >= 15 is 0 Å². The average Bonchev–Trinajstić information content (AvgIpc) is 2.85. The summed E-state index contributed by atoms with van der Waals surface area (Å²) in [5.74, 6) is 0.788. The molecule has 4 nitrogen and oxygen atoms in total. The van der Waals surface area contributed by atoms with Crippen LogP contribution < -0.4 is 5.73 Å². The lowest BCUT2D eigenvalue weighted by Crippen LogP contribution is -2.33. The van der Waals surface area contributed by atoms with Crippen molar-refractivity contribution < 1.29 is 5.21 Å². The van der Waals surface area contributed by atoms with Crippen molar-refractivity contribution in [3.05, 3.63) is 0 Å². The third-order valence-corrected chi connectivity index (χ3v) is 3.65. The topological polar surface area (TPSA) is 61.8 Å². The predicted molar refractivity (Wildman–Crippen MR) is 50.7 cm³/mol. The Balaban J connectivity index is 1.96. The molecule has 1 saturated carbocycles. The fourth-order valence-corrected chi connectivity index (χ4v) is 2.45. The molecule has 2 fully saturated rings. The van der Waals surface area contributed by atoms with Gasteiger partial charge in [0.1, 0.15) is 5.84 Å². The molecular weight excluding hydrogens is 166 g/mol. The number of piperidine rings is 1. The van der Waals surface area contributed by atoms with E-state index in [0.717, 1.165) is 19.5 Å². The van der Waals surface area contributed by atoms with Gasteiger partial charge in [-0.3, -0.25) is 0 Å². The fraction of sp³-hybridized carbons (Fsp3) is 0.889. The number of nitrogens with two attached hydrogens (primary N) is 1. The molecule has 1 heterocycles. The summed E-state index contributed by atoms with van der Waals surface area (Å²) in [5.41, 5.74) is 6.00. The number of hydrogen-bond donors (Lipinski definition) is 2. The summed E-state index contributed by atoms with van der Waals surface area (Å²) < 4.78 is 0. The van der Waals surface area contributed by atoms with Gasteiger partial charge < -0.3 is 15.8 Å². The fourth-order valence-electron chi connectivity index (χ4n) is 2.45. The van der Waals surface area contributed by atoms with E-state index in [1.807, 2.05) is 0 Å². The van der Waals surface area contributed by atoms with Crippen molar-refractivity contribution in [2.75, 3.05) is 20.1 Å². The van der Waals surface area contributed by atoms with E-state index in [9.17, 15) is 0 Å². The maximum Gasteiger partial charge on any atom is 0.142 e. The lowest BCUT2D eigenvalue weighted by atomic mass is 9.91. The summed E-state index contributed by atoms with van der Waals surface area (Å²) in [6.45, 7) is 2.30. The summed E-state index contributed by atoms with van der Waals surface area (Å²) >= 11 is 0. The second-order valence-electron chi connectivity index (χ2n) is 4.45. The number of hydrogen-bond acceptors (Lipinski definition) is 3. The normalized spacial score (nSPS) is 33.6. The van der Waals surface area contributed by atoms with Gasteiger partial charge >= 0.3 is 0 Å². The SMILES string of the molecule is CN1CCC2(CC1)CC2/C(N)=N/O. The quantitative estimate of drug-likeness (QED) is 0.269. The number of likely N-dealkylation sites (tertiary alicyclic amines) is 1. The number of nitrogens with zero attached hydrogens (tertiary/aromatic N) is 2. The van der Waals surface area contributed by atoms with Gasteiger partial charge in [0.2, 0.25) is 0 Å². The maximum absolute atomic E-state index is 8.56. The van der Waals surface area contributed by atoms with Crippen molar-refractivity contribution in [3.63, 3.8) is 0 Å². The molecule has 1 atom stereocenters. The highest BCUT2D eigenvalue weighted by Gasteiger charge is 2.56. The third-order valence-electron chi connectivity index (χ3n) is 3.65. The van der Waals surface area contributed by atoms with E-state index in [-0.39, 0.29) is 0 Å². The minimum Gasteiger partial charge on any atom is -0.409 e. The van der Waals surface area contributed by atoms with Crippen LogP contribution in [0.15, 0.2) is 5.16 Å². The average molecular weight is 183 g/mol. The van der Waals surface area contributed by atoms with Crippen LogP contribution in [0.3, 0.4) is 0 Å². The van der Waals surface area contributed by atoms with Gasteiger partial charge in [-0.25, -0.2) is 0 Å². The summed E-state index contributed by atoms with van der Waals surface area (Å²) in [6, 6.07) is 0. The molecule has 1 aliphatic heterocycles. The van der Waals surface area contributed by atoms with Crippen LogP contribution in [-0.2, 0) is 0 Å². The molecule has 4 heteroatoms. The van der Waals surface area contributed by atoms with Crippen LogP contribution in [0.25, 0.3) is 0 Å². The van der Waals surface area contributed by atoms with Crippen LogP contribution >= 0.6 is 0 Å². The molecule has 13 heavy (non-hydrogen) atoms. The van der Waals surface area contributed by atoms with E-state index in [0.29, 0.717) is 17.2 Å². The predicted octanol–water partition coefficient (Wildman–Crippen LogP) is 0.465. The highest BCUT2D eigenvalue weighted by molar-refractivity contribution is 5.85. The van der Waals surface area contributed by atoms with Crippen LogP contribution in [0.1, 0.15) is 19.3 Å². The summed E-state index contributed by atoms with van der Waals surface area (Å²) in [7, 11) is 2.15. The Morgan fingerprint density at radius 2 is 2.15 bits per heavy atom. The number of oxime groups is 1. The molecule has 0 bridgehead atoms. The third kappa shape index (κ3) is 1.39. The molecule has 2 rings (SSSR count). The molecule has 0 aromatic heterocycles. The van der Waals surface area contributed by atoms with E-state index in [4.69, 9.17) is 10.9 Å². The van der Waals surface area contributed by atoms with Crippen LogP contribution in [0.4, 0.5) is 0 Å². The smallest absolute Gasteiger partial charge is 0.142 e. The minimum atomic E-state index is 0.353. The molecule has 2 aliphatic rings. The summed E-state index contributed by atoms with van der Waals surface area (Å²) in [4.78, 5) is 2.34. The van der Waals surface area contributed by atoms with E-state index in [1.54, 1.807) is 0 Å².